The molecule has 0 spiro atoms. The molecule has 1 fully saturated rings. The molecule has 0 saturated carbocycles. The highest BCUT2D eigenvalue weighted by atomic mass is 16.6. The fourth-order valence-electron chi connectivity index (χ4n) is 3.00. The second-order valence-electron chi connectivity index (χ2n) is 5.83. The number of H-pyrrole nitrogens is 1. The van der Waals surface area contributed by atoms with Crippen LogP contribution < -0.4 is 11.2 Å². The molecule has 0 aliphatic carbocycles. The zero-order valence-electron chi connectivity index (χ0n) is 12.7. The molecular weight excluding hydrogens is 316 g/mol. The van der Waals surface area contributed by atoms with Crippen molar-refractivity contribution in [2.45, 2.75) is 30.5 Å². The number of ether oxygens (including phenoxy) is 1. The Morgan fingerprint density at radius 2 is 1.92 bits per heavy atom. The van der Waals surface area contributed by atoms with Crippen LogP contribution in [0, 0.1) is 0 Å². The van der Waals surface area contributed by atoms with E-state index in [1.807, 2.05) is 6.07 Å². The number of rotatable bonds is 4. The third-order valence-electron chi connectivity index (χ3n) is 4.21. The predicted molar refractivity (Wildman–Crippen MR) is 83.4 cm³/mol. The molecule has 1 aromatic heterocycles. The minimum atomic E-state index is -1.85. The maximum atomic E-state index is 12.0. The molecule has 128 valence electrons. The minimum absolute atomic E-state index is 0.00173. The molecule has 8 heteroatoms. The number of hydrogen-bond acceptors (Lipinski definition) is 6. The minimum Gasteiger partial charge on any atom is -0.394 e. The molecule has 4 N–H and O–H groups in total. The zero-order valence-corrected chi connectivity index (χ0v) is 12.7. The van der Waals surface area contributed by atoms with Crippen LogP contribution in [-0.2, 0) is 11.2 Å². The van der Waals surface area contributed by atoms with Crippen molar-refractivity contribution in [1.29, 1.82) is 0 Å². The molecule has 0 unspecified atom stereocenters. The predicted octanol–water partition coefficient (Wildman–Crippen LogP) is -1.24. The van der Waals surface area contributed by atoms with Gasteiger partial charge in [-0.15, -0.1) is 0 Å². The average molecular weight is 334 g/mol. The SMILES string of the molecule is O=c1ccn([C@@H]2O[C@H](CO)[C@@H](O)[C@]2(O)Cc2ccccc2)c(=O)[nH]1. The summed E-state index contributed by atoms with van der Waals surface area (Å²) in [6.07, 6.45) is -2.53. The fraction of sp³-hybridized carbons (Fsp3) is 0.375. The van der Waals surface area contributed by atoms with Gasteiger partial charge in [-0.2, -0.15) is 0 Å². The standard InChI is InChI=1S/C16H18N2O6/c19-9-11-13(21)16(23,8-10-4-2-1-3-5-10)14(24-11)18-7-6-12(20)17-15(18)22/h1-7,11,13-14,19,21,23H,8-9H2,(H,17,20,22)/t11-,13-,14-,16-/m1/s1. The summed E-state index contributed by atoms with van der Waals surface area (Å²) in [6.45, 7) is -0.521. The van der Waals surface area contributed by atoms with Crippen molar-refractivity contribution in [3.63, 3.8) is 0 Å². The van der Waals surface area contributed by atoms with E-state index in [0.29, 0.717) is 0 Å². The topological polar surface area (TPSA) is 125 Å². The Labute approximate surface area is 136 Å². The van der Waals surface area contributed by atoms with Crippen LogP contribution in [0.5, 0.6) is 0 Å². The number of nitrogens with zero attached hydrogens (tertiary/aromatic N) is 1. The van der Waals surface area contributed by atoms with Crippen molar-refractivity contribution in [1.82, 2.24) is 9.55 Å². The largest absolute Gasteiger partial charge is 0.394 e. The molecule has 4 atom stereocenters. The van der Waals surface area contributed by atoms with E-state index in [0.717, 1.165) is 16.2 Å². The van der Waals surface area contributed by atoms with E-state index in [-0.39, 0.29) is 6.42 Å². The monoisotopic (exact) mass is 334 g/mol. The molecule has 0 amide bonds. The second-order valence-corrected chi connectivity index (χ2v) is 5.83. The van der Waals surface area contributed by atoms with Gasteiger partial charge in [0.05, 0.1) is 6.61 Å². The Morgan fingerprint density at radius 1 is 1.21 bits per heavy atom. The van der Waals surface area contributed by atoms with Crippen molar-refractivity contribution < 1.29 is 20.1 Å². The molecule has 8 nitrogen and oxygen atoms in total. The highest BCUT2D eigenvalue weighted by Crippen LogP contribution is 2.39. The van der Waals surface area contributed by atoms with E-state index in [2.05, 4.69) is 4.98 Å². The van der Waals surface area contributed by atoms with Crippen LogP contribution in [0.15, 0.2) is 52.2 Å². The van der Waals surface area contributed by atoms with Crippen molar-refractivity contribution in [3.8, 4) is 0 Å². The van der Waals surface area contributed by atoms with Crippen molar-refractivity contribution in [3.05, 3.63) is 69.0 Å². The van der Waals surface area contributed by atoms with Gasteiger partial charge in [-0.1, -0.05) is 30.3 Å². The summed E-state index contributed by atoms with van der Waals surface area (Å²) in [5.41, 5.74) is -2.48. The van der Waals surface area contributed by atoms with Crippen molar-refractivity contribution >= 4 is 0 Å². The summed E-state index contributed by atoms with van der Waals surface area (Å²) in [4.78, 5) is 25.4. The van der Waals surface area contributed by atoms with Crippen LogP contribution in [0.2, 0.25) is 0 Å². The third kappa shape index (κ3) is 2.80. The summed E-state index contributed by atoms with van der Waals surface area (Å²) in [6, 6.07) is 10.0. The number of aromatic nitrogens is 2. The first kappa shape index (κ1) is 16.6. The fourth-order valence-corrected chi connectivity index (χ4v) is 3.00. The van der Waals surface area contributed by atoms with Gasteiger partial charge in [0, 0.05) is 18.7 Å². The highest BCUT2D eigenvalue weighted by Gasteiger charge is 2.56. The molecule has 2 heterocycles. The van der Waals surface area contributed by atoms with Gasteiger partial charge in [0.2, 0.25) is 0 Å². The van der Waals surface area contributed by atoms with Gasteiger partial charge in [-0.05, 0) is 5.56 Å². The Kier molecular flexibility index (Phi) is 4.37. The number of aliphatic hydroxyl groups is 3. The van der Waals surface area contributed by atoms with Crippen molar-refractivity contribution in [2.24, 2.45) is 0 Å². The Balaban J connectivity index is 2.04. The lowest BCUT2D eigenvalue weighted by molar-refractivity contribution is -0.110. The van der Waals surface area contributed by atoms with Crippen LogP contribution in [0.1, 0.15) is 11.8 Å². The molecule has 1 aromatic carbocycles. The zero-order chi connectivity index (χ0) is 17.3. The second kappa shape index (κ2) is 6.33. The maximum absolute atomic E-state index is 12.0. The number of benzene rings is 1. The molecule has 1 saturated heterocycles. The van der Waals surface area contributed by atoms with Gasteiger partial charge in [0.1, 0.15) is 17.8 Å². The molecule has 1 aliphatic heterocycles. The van der Waals surface area contributed by atoms with Gasteiger partial charge in [0.15, 0.2) is 6.23 Å². The summed E-state index contributed by atoms with van der Waals surface area (Å²) < 4.78 is 6.51. The molecule has 0 bridgehead atoms. The Bertz CT molecular complexity index is 817. The number of aromatic amines is 1. The molecule has 2 aromatic rings. The quantitative estimate of drug-likeness (QED) is 0.554. The van der Waals surface area contributed by atoms with Gasteiger partial charge < -0.3 is 20.1 Å². The first-order valence-electron chi connectivity index (χ1n) is 7.48. The normalized spacial score (nSPS) is 29.7. The summed E-state index contributed by atoms with van der Waals surface area (Å²) >= 11 is 0. The summed E-state index contributed by atoms with van der Waals surface area (Å²) in [5, 5.41) is 30.9. The maximum Gasteiger partial charge on any atom is 0.330 e. The first-order chi connectivity index (χ1) is 11.5. The molecule has 1 aliphatic rings. The molecular formula is C16H18N2O6. The van der Waals surface area contributed by atoms with E-state index in [1.54, 1.807) is 24.3 Å². The lowest BCUT2D eigenvalue weighted by Gasteiger charge is -2.31. The van der Waals surface area contributed by atoms with Crippen LogP contribution in [0.25, 0.3) is 0 Å². The highest BCUT2D eigenvalue weighted by molar-refractivity contribution is 5.20. The van der Waals surface area contributed by atoms with Crippen LogP contribution in [-0.4, -0.2) is 49.3 Å². The average Bonchev–Trinajstić information content (AvgIpc) is 2.80. The van der Waals surface area contributed by atoms with Gasteiger partial charge in [-0.25, -0.2) is 4.79 Å². The number of aliphatic hydroxyl groups excluding tert-OH is 2. The lowest BCUT2D eigenvalue weighted by atomic mass is 9.87. The van der Waals surface area contributed by atoms with Gasteiger partial charge >= 0.3 is 5.69 Å². The van der Waals surface area contributed by atoms with E-state index < -0.39 is 41.9 Å². The van der Waals surface area contributed by atoms with Gasteiger partial charge in [0.25, 0.3) is 5.56 Å². The Morgan fingerprint density at radius 3 is 2.54 bits per heavy atom. The van der Waals surface area contributed by atoms with E-state index >= 15 is 0 Å². The van der Waals surface area contributed by atoms with Gasteiger partial charge in [-0.3, -0.25) is 14.3 Å². The van der Waals surface area contributed by atoms with Crippen LogP contribution >= 0.6 is 0 Å². The van der Waals surface area contributed by atoms with E-state index in [4.69, 9.17) is 4.74 Å². The lowest BCUT2D eigenvalue weighted by Crippen LogP contribution is -2.50. The Hall–Kier alpha value is -2.26. The summed E-state index contributed by atoms with van der Waals surface area (Å²) in [5.74, 6) is 0. The number of nitrogens with one attached hydrogen (secondary N) is 1. The smallest absolute Gasteiger partial charge is 0.330 e. The summed E-state index contributed by atoms with van der Waals surface area (Å²) in [7, 11) is 0. The van der Waals surface area contributed by atoms with E-state index in [9.17, 15) is 24.9 Å². The van der Waals surface area contributed by atoms with E-state index in [1.165, 1.54) is 6.20 Å². The van der Waals surface area contributed by atoms with Crippen molar-refractivity contribution in [2.75, 3.05) is 6.61 Å². The third-order valence-corrected chi connectivity index (χ3v) is 4.21. The number of hydrogen-bond donors (Lipinski definition) is 4. The molecule has 24 heavy (non-hydrogen) atoms. The first-order valence-corrected chi connectivity index (χ1v) is 7.48. The van der Waals surface area contributed by atoms with Crippen LogP contribution in [0.3, 0.4) is 0 Å². The molecule has 3 rings (SSSR count). The molecule has 0 radical (unpaired) electrons. The van der Waals surface area contributed by atoms with Crippen LogP contribution in [0.4, 0.5) is 0 Å².